The van der Waals surface area contributed by atoms with E-state index < -0.39 is 0 Å². The van der Waals surface area contributed by atoms with E-state index in [1.54, 1.807) is 6.20 Å². The zero-order chi connectivity index (χ0) is 20.9. The van der Waals surface area contributed by atoms with Crippen molar-refractivity contribution in [2.24, 2.45) is 0 Å². The second kappa shape index (κ2) is 9.47. The van der Waals surface area contributed by atoms with Crippen LogP contribution in [0.3, 0.4) is 0 Å². The first-order chi connectivity index (χ1) is 14.7. The van der Waals surface area contributed by atoms with Crippen LogP contribution in [0.15, 0.2) is 61.4 Å². The number of hydrogen-bond donors (Lipinski definition) is 0. The molecule has 6 nitrogen and oxygen atoms in total. The number of aromatic nitrogens is 4. The molecular formula is C23H28N6S. The molecule has 0 N–H and O–H groups in total. The third-order valence-corrected chi connectivity index (χ3v) is 6.04. The average molecular weight is 421 g/mol. The fraction of sp³-hybridized carbons (Fsp3) is 0.348. The van der Waals surface area contributed by atoms with Crippen LogP contribution in [0.4, 0.5) is 0 Å². The van der Waals surface area contributed by atoms with Gasteiger partial charge in [0.15, 0.2) is 10.6 Å². The van der Waals surface area contributed by atoms with E-state index in [-0.39, 0.29) is 0 Å². The quantitative estimate of drug-likeness (QED) is 0.430. The van der Waals surface area contributed by atoms with E-state index in [9.17, 15) is 0 Å². The van der Waals surface area contributed by atoms with Crippen LogP contribution < -0.4 is 0 Å². The Labute approximate surface area is 183 Å². The summed E-state index contributed by atoms with van der Waals surface area (Å²) in [7, 11) is 0. The van der Waals surface area contributed by atoms with Gasteiger partial charge in [-0.1, -0.05) is 30.3 Å². The van der Waals surface area contributed by atoms with Crippen molar-refractivity contribution in [3.05, 3.63) is 77.3 Å². The second-order valence-corrected chi connectivity index (χ2v) is 8.07. The molecule has 0 aliphatic carbocycles. The van der Waals surface area contributed by atoms with Crippen LogP contribution >= 0.6 is 12.2 Å². The first-order valence-electron chi connectivity index (χ1n) is 10.3. The summed E-state index contributed by atoms with van der Waals surface area (Å²) in [5, 5.41) is 4.82. The van der Waals surface area contributed by atoms with Gasteiger partial charge < -0.3 is 0 Å². The number of allylic oxidation sites excluding steroid dienone is 1. The highest BCUT2D eigenvalue weighted by atomic mass is 32.1. The monoisotopic (exact) mass is 420 g/mol. The molecule has 0 spiro atoms. The number of pyridine rings is 1. The lowest BCUT2D eigenvalue weighted by Gasteiger charge is -2.34. The molecule has 1 saturated heterocycles. The number of aryl methyl sites for hydroxylation is 1. The molecule has 3 heterocycles. The molecule has 0 atom stereocenters. The molecule has 0 amide bonds. The maximum Gasteiger partial charge on any atom is 0.199 e. The van der Waals surface area contributed by atoms with Crippen molar-refractivity contribution in [3.63, 3.8) is 0 Å². The van der Waals surface area contributed by atoms with Gasteiger partial charge in [-0.25, -0.2) is 4.68 Å². The highest BCUT2D eigenvalue weighted by Crippen LogP contribution is 2.18. The van der Waals surface area contributed by atoms with Crippen molar-refractivity contribution < 1.29 is 0 Å². The molecule has 7 heteroatoms. The van der Waals surface area contributed by atoms with E-state index in [0.29, 0.717) is 13.2 Å². The van der Waals surface area contributed by atoms with E-state index >= 15 is 0 Å². The van der Waals surface area contributed by atoms with Crippen molar-refractivity contribution >= 4 is 12.2 Å². The predicted molar refractivity (Wildman–Crippen MR) is 123 cm³/mol. The third kappa shape index (κ3) is 4.59. The van der Waals surface area contributed by atoms with Crippen molar-refractivity contribution in [2.45, 2.75) is 26.7 Å². The molecule has 1 fully saturated rings. The minimum absolute atomic E-state index is 0.632. The molecule has 0 bridgehead atoms. The summed E-state index contributed by atoms with van der Waals surface area (Å²) in [4.78, 5) is 9.17. The van der Waals surface area contributed by atoms with Crippen molar-refractivity contribution in [3.8, 4) is 11.4 Å². The van der Waals surface area contributed by atoms with Gasteiger partial charge in [-0.05, 0) is 42.4 Å². The first kappa shape index (κ1) is 20.7. The molecule has 1 aliphatic heterocycles. The van der Waals surface area contributed by atoms with E-state index in [1.807, 2.05) is 33.7 Å². The molecule has 0 saturated carbocycles. The molecule has 0 radical (unpaired) electrons. The van der Waals surface area contributed by atoms with Gasteiger partial charge in [0.25, 0.3) is 0 Å². The number of hydrogen-bond acceptors (Lipinski definition) is 5. The summed E-state index contributed by atoms with van der Waals surface area (Å²) in [6.45, 7) is 12.5. The Morgan fingerprint density at radius 3 is 2.53 bits per heavy atom. The van der Waals surface area contributed by atoms with Crippen LogP contribution in [0.25, 0.3) is 11.4 Å². The van der Waals surface area contributed by atoms with E-state index in [0.717, 1.165) is 48.9 Å². The Balaban J connectivity index is 1.43. The van der Waals surface area contributed by atoms with Gasteiger partial charge in [0, 0.05) is 57.2 Å². The molecule has 0 unspecified atom stereocenters. The van der Waals surface area contributed by atoms with E-state index in [1.165, 1.54) is 11.1 Å². The van der Waals surface area contributed by atoms with Crippen LogP contribution in [0.5, 0.6) is 0 Å². The van der Waals surface area contributed by atoms with Crippen molar-refractivity contribution in [1.82, 2.24) is 29.1 Å². The zero-order valence-electron chi connectivity index (χ0n) is 17.4. The lowest BCUT2D eigenvalue weighted by Crippen LogP contribution is -2.46. The molecule has 4 rings (SSSR count). The van der Waals surface area contributed by atoms with Gasteiger partial charge >= 0.3 is 0 Å². The van der Waals surface area contributed by atoms with Gasteiger partial charge in [0.1, 0.15) is 0 Å². The minimum atomic E-state index is 0.632. The van der Waals surface area contributed by atoms with E-state index in [4.69, 9.17) is 17.3 Å². The van der Waals surface area contributed by atoms with Gasteiger partial charge in [-0.15, -0.1) is 6.58 Å². The number of benzene rings is 1. The van der Waals surface area contributed by atoms with Gasteiger partial charge in [-0.3, -0.25) is 19.4 Å². The van der Waals surface area contributed by atoms with Gasteiger partial charge in [0.2, 0.25) is 0 Å². The fourth-order valence-corrected chi connectivity index (χ4v) is 4.10. The molecule has 3 aromatic rings. The van der Waals surface area contributed by atoms with Crippen LogP contribution in [-0.4, -0.2) is 55.3 Å². The summed E-state index contributed by atoms with van der Waals surface area (Å²) in [6.07, 6.45) is 5.45. The Kier molecular flexibility index (Phi) is 6.52. The second-order valence-electron chi connectivity index (χ2n) is 7.71. The standard InChI is InChI=1S/C23H28N6S/c1-3-11-28-22(20-9-6-10-24-16-20)25-29(23(28)30)18-27-14-12-26(13-15-27)17-21-8-5-4-7-19(21)2/h3-10,16H,1,11-15,17-18H2,2H3. The molecule has 1 aliphatic rings. The Morgan fingerprint density at radius 1 is 1.07 bits per heavy atom. The third-order valence-electron chi connectivity index (χ3n) is 5.61. The largest absolute Gasteiger partial charge is 0.297 e. The predicted octanol–water partition coefficient (Wildman–Crippen LogP) is 3.75. The Bertz CT molecular complexity index is 1050. The lowest BCUT2D eigenvalue weighted by atomic mass is 10.1. The normalized spacial score (nSPS) is 15.4. The SMILES string of the molecule is C=CCn1c(-c2cccnc2)nn(CN2CCN(Cc3ccccc3C)CC2)c1=S. The Morgan fingerprint density at radius 2 is 1.83 bits per heavy atom. The van der Waals surface area contributed by atoms with Crippen LogP contribution in [-0.2, 0) is 19.8 Å². The molecule has 156 valence electrons. The number of rotatable bonds is 7. The summed E-state index contributed by atoms with van der Waals surface area (Å²) in [5.41, 5.74) is 3.74. The zero-order valence-corrected chi connectivity index (χ0v) is 18.3. The maximum atomic E-state index is 5.73. The Hall–Kier alpha value is -2.61. The molecule has 2 aromatic heterocycles. The van der Waals surface area contributed by atoms with E-state index in [2.05, 4.69) is 52.6 Å². The summed E-state index contributed by atoms with van der Waals surface area (Å²) in [6, 6.07) is 12.6. The van der Waals surface area contributed by atoms with Crippen LogP contribution in [0, 0.1) is 11.7 Å². The molecule has 1 aromatic carbocycles. The number of nitrogens with zero attached hydrogens (tertiary/aromatic N) is 6. The molecule has 30 heavy (non-hydrogen) atoms. The fourth-order valence-electron chi connectivity index (χ4n) is 3.84. The minimum Gasteiger partial charge on any atom is -0.297 e. The highest BCUT2D eigenvalue weighted by molar-refractivity contribution is 7.71. The van der Waals surface area contributed by atoms with Crippen LogP contribution in [0.2, 0.25) is 0 Å². The summed E-state index contributed by atoms with van der Waals surface area (Å²) in [5.74, 6) is 0.839. The smallest absolute Gasteiger partial charge is 0.199 e. The number of piperazine rings is 1. The summed E-state index contributed by atoms with van der Waals surface area (Å²) < 4.78 is 4.67. The maximum absolute atomic E-state index is 5.73. The van der Waals surface area contributed by atoms with Gasteiger partial charge in [-0.2, -0.15) is 5.10 Å². The van der Waals surface area contributed by atoms with Crippen molar-refractivity contribution in [2.75, 3.05) is 26.2 Å². The van der Waals surface area contributed by atoms with Crippen molar-refractivity contribution in [1.29, 1.82) is 0 Å². The first-order valence-corrected chi connectivity index (χ1v) is 10.7. The van der Waals surface area contributed by atoms with Gasteiger partial charge in [0.05, 0.1) is 6.67 Å². The summed E-state index contributed by atoms with van der Waals surface area (Å²) >= 11 is 5.73. The van der Waals surface area contributed by atoms with Crippen LogP contribution in [0.1, 0.15) is 11.1 Å². The average Bonchev–Trinajstić information content (AvgIpc) is 3.07. The molecular weight excluding hydrogens is 392 g/mol. The topological polar surface area (TPSA) is 42.1 Å². The highest BCUT2D eigenvalue weighted by Gasteiger charge is 2.20. The lowest BCUT2D eigenvalue weighted by molar-refractivity contribution is 0.0979.